The fraction of sp³-hybridized carbons (Fsp3) is 0.200. The lowest BCUT2D eigenvalue weighted by molar-refractivity contribution is -0.121. The second-order valence-electron chi connectivity index (χ2n) is 4.20. The molecule has 0 aliphatic carbocycles. The molecule has 110 valence electrons. The minimum atomic E-state index is -0.102. The van der Waals surface area contributed by atoms with Crippen molar-refractivity contribution in [3.05, 3.63) is 46.3 Å². The van der Waals surface area contributed by atoms with Gasteiger partial charge in [-0.1, -0.05) is 47.7 Å². The quantitative estimate of drug-likeness (QED) is 0.458. The number of hydrogen-bond donors (Lipinski definition) is 0. The Balaban J connectivity index is 2.24. The van der Waals surface area contributed by atoms with Gasteiger partial charge in [0.15, 0.2) is 0 Å². The number of ether oxygens (including phenoxy) is 1. The number of carbonyl (C=O) groups is 1. The van der Waals surface area contributed by atoms with Crippen molar-refractivity contribution in [2.45, 2.75) is 6.92 Å². The van der Waals surface area contributed by atoms with Crippen LogP contribution in [0.3, 0.4) is 0 Å². The number of halogens is 1. The van der Waals surface area contributed by atoms with E-state index in [1.165, 1.54) is 16.7 Å². The number of nitrogens with zero attached hydrogens (tertiary/aromatic N) is 1. The van der Waals surface area contributed by atoms with E-state index in [9.17, 15) is 4.79 Å². The molecule has 1 aliphatic rings. The molecule has 0 atom stereocenters. The van der Waals surface area contributed by atoms with Crippen molar-refractivity contribution in [3.63, 3.8) is 0 Å². The summed E-state index contributed by atoms with van der Waals surface area (Å²) in [6, 6.07) is 5.42. The van der Waals surface area contributed by atoms with Gasteiger partial charge in [0.1, 0.15) is 10.1 Å². The molecule has 1 saturated heterocycles. The third-order valence-electron chi connectivity index (χ3n) is 2.74. The summed E-state index contributed by atoms with van der Waals surface area (Å²) in [6.45, 7) is 6.50. The predicted molar refractivity (Wildman–Crippen MR) is 92.7 cm³/mol. The summed E-state index contributed by atoms with van der Waals surface area (Å²) in [4.78, 5) is 14.3. The minimum Gasteiger partial charge on any atom is -0.492 e. The van der Waals surface area contributed by atoms with E-state index in [-0.39, 0.29) is 5.91 Å². The average Bonchev–Trinajstić information content (AvgIpc) is 2.70. The summed E-state index contributed by atoms with van der Waals surface area (Å²) >= 11 is 12.6. The van der Waals surface area contributed by atoms with Gasteiger partial charge in [0.25, 0.3) is 5.91 Å². The van der Waals surface area contributed by atoms with Gasteiger partial charge in [0.05, 0.1) is 16.5 Å². The fourth-order valence-corrected chi connectivity index (χ4v) is 3.34. The summed E-state index contributed by atoms with van der Waals surface area (Å²) in [7, 11) is 0. The van der Waals surface area contributed by atoms with Crippen molar-refractivity contribution in [1.29, 1.82) is 0 Å². The molecule has 0 radical (unpaired) electrons. The van der Waals surface area contributed by atoms with Crippen molar-refractivity contribution in [2.24, 2.45) is 0 Å². The van der Waals surface area contributed by atoms with Crippen molar-refractivity contribution < 1.29 is 9.53 Å². The second-order valence-corrected chi connectivity index (χ2v) is 6.29. The first kappa shape index (κ1) is 16.1. The lowest BCUT2D eigenvalue weighted by Gasteiger charge is -2.10. The molecular formula is C15H14ClNO2S2. The Labute approximate surface area is 138 Å². The number of amides is 1. The summed E-state index contributed by atoms with van der Waals surface area (Å²) in [6.07, 6.45) is 3.44. The highest BCUT2D eigenvalue weighted by Crippen LogP contribution is 2.33. The van der Waals surface area contributed by atoms with Gasteiger partial charge in [0, 0.05) is 6.54 Å². The van der Waals surface area contributed by atoms with Gasteiger partial charge in [-0.3, -0.25) is 9.69 Å². The molecule has 3 nitrogen and oxygen atoms in total. The van der Waals surface area contributed by atoms with Crippen LogP contribution in [0.1, 0.15) is 12.5 Å². The van der Waals surface area contributed by atoms with Crippen molar-refractivity contribution in [2.75, 3.05) is 13.2 Å². The van der Waals surface area contributed by atoms with Crippen LogP contribution in [0.2, 0.25) is 5.02 Å². The Kier molecular flexibility index (Phi) is 5.45. The van der Waals surface area contributed by atoms with Gasteiger partial charge < -0.3 is 4.74 Å². The Morgan fingerprint density at radius 2 is 2.29 bits per heavy atom. The smallest absolute Gasteiger partial charge is 0.266 e. The number of carbonyl (C=O) groups excluding carboxylic acids is 1. The van der Waals surface area contributed by atoms with Crippen LogP contribution < -0.4 is 4.74 Å². The number of hydrogen-bond acceptors (Lipinski definition) is 4. The van der Waals surface area contributed by atoms with Crippen LogP contribution in [0, 0.1) is 0 Å². The minimum absolute atomic E-state index is 0.102. The molecule has 1 aromatic carbocycles. The molecule has 1 amide bonds. The standard InChI is InChI=1S/C15H14ClNO2S2/c1-3-7-17-14(18)13(21-15(17)20)9-10-5-6-12(19-4-2)11(16)8-10/h3,5-6,8-9H,1,4,7H2,2H3/b13-9+. The monoisotopic (exact) mass is 339 g/mol. The lowest BCUT2D eigenvalue weighted by atomic mass is 10.2. The maximum atomic E-state index is 12.2. The Bertz CT molecular complexity index is 628. The highest BCUT2D eigenvalue weighted by atomic mass is 35.5. The van der Waals surface area contributed by atoms with E-state index in [2.05, 4.69) is 6.58 Å². The topological polar surface area (TPSA) is 29.5 Å². The van der Waals surface area contributed by atoms with E-state index < -0.39 is 0 Å². The van der Waals surface area contributed by atoms with E-state index in [4.69, 9.17) is 28.6 Å². The van der Waals surface area contributed by atoms with Gasteiger partial charge in [-0.2, -0.15) is 0 Å². The van der Waals surface area contributed by atoms with Crippen molar-refractivity contribution >= 4 is 51.9 Å². The van der Waals surface area contributed by atoms with Crippen molar-refractivity contribution in [3.8, 4) is 5.75 Å². The molecule has 1 aliphatic heterocycles. The van der Waals surface area contributed by atoms with E-state index in [1.54, 1.807) is 24.3 Å². The second kappa shape index (κ2) is 7.11. The zero-order chi connectivity index (χ0) is 15.4. The Hall–Kier alpha value is -1.30. The molecule has 0 bridgehead atoms. The molecule has 1 fully saturated rings. The summed E-state index contributed by atoms with van der Waals surface area (Å²) in [5.41, 5.74) is 0.836. The highest BCUT2D eigenvalue weighted by Gasteiger charge is 2.30. The first-order valence-electron chi connectivity index (χ1n) is 6.35. The van der Waals surface area contributed by atoms with E-state index in [0.717, 1.165) is 5.56 Å². The third-order valence-corrected chi connectivity index (χ3v) is 4.41. The van der Waals surface area contributed by atoms with Gasteiger partial charge in [-0.05, 0) is 30.7 Å². The zero-order valence-corrected chi connectivity index (χ0v) is 13.9. The first-order chi connectivity index (χ1) is 10.1. The van der Waals surface area contributed by atoms with Crippen LogP contribution >= 0.6 is 35.6 Å². The van der Waals surface area contributed by atoms with Crippen LogP contribution in [0.4, 0.5) is 0 Å². The fourth-order valence-electron chi connectivity index (χ4n) is 1.82. The van der Waals surface area contributed by atoms with E-state index in [0.29, 0.717) is 33.1 Å². The van der Waals surface area contributed by atoms with Gasteiger partial charge in [0.2, 0.25) is 0 Å². The SMILES string of the molecule is C=CCN1C(=O)/C(=C\c2ccc(OCC)c(Cl)c2)SC1=S. The van der Waals surface area contributed by atoms with Crippen LogP contribution in [0.5, 0.6) is 5.75 Å². The summed E-state index contributed by atoms with van der Waals surface area (Å²) in [5.74, 6) is 0.533. The maximum absolute atomic E-state index is 12.2. The van der Waals surface area contributed by atoms with E-state index in [1.807, 2.05) is 13.0 Å². The summed E-state index contributed by atoms with van der Waals surface area (Å²) in [5, 5.41) is 0.521. The molecule has 0 aromatic heterocycles. The van der Waals surface area contributed by atoms with E-state index >= 15 is 0 Å². The van der Waals surface area contributed by atoms with Crippen LogP contribution in [-0.4, -0.2) is 28.3 Å². The third kappa shape index (κ3) is 3.67. The lowest BCUT2D eigenvalue weighted by Crippen LogP contribution is -2.27. The van der Waals surface area contributed by atoms with Crippen molar-refractivity contribution in [1.82, 2.24) is 4.90 Å². The molecule has 21 heavy (non-hydrogen) atoms. The predicted octanol–water partition coefficient (Wildman–Crippen LogP) is 4.13. The van der Waals surface area contributed by atoms with Gasteiger partial charge in [-0.15, -0.1) is 6.58 Å². The number of thioether (sulfide) groups is 1. The maximum Gasteiger partial charge on any atom is 0.266 e. The highest BCUT2D eigenvalue weighted by molar-refractivity contribution is 8.26. The average molecular weight is 340 g/mol. The Morgan fingerprint density at radius 3 is 2.90 bits per heavy atom. The number of rotatable bonds is 5. The molecule has 0 N–H and O–H groups in total. The number of thiocarbonyl (C=S) groups is 1. The van der Waals surface area contributed by atoms with Crippen LogP contribution in [-0.2, 0) is 4.79 Å². The molecule has 0 unspecified atom stereocenters. The normalized spacial score (nSPS) is 16.7. The molecule has 1 aromatic rings. The molecule has 0 spiro atoms. The van der Waals surface area contributed by atoms with Crippen LogP contribution in [0.15, 0.2) is 35.8 Å². The molecule has 6 heteroatoms. The molecule has 1 heterocycles. The Morgan fingerprint density at radius 1 is 1.52 bits per heavy atom. The van der Waals surface area contributed by atoms with Crippen LogP contribution in [0.25, 0.3) is 6.08 Å². The van der Waals surface area contributed by atoms with Gasteiger partial charge >= 0.3 is 0 Å². The molecule has 0 saturated carbocycles. The largest absolute Gasteiger partial charge is 0.492 e. The molecule has 2 rings (SSSR count). The zero-order valence-electron chi connectivity index (χ0n) is 11.5. The van der Waals surface area contributed by atoms with Gasteiger partial charge in [-0.25, -0.2) is 0 Å². The first-order valence-corrected chi connectivity index (χ1v) is 7.95. The molecular weight excluding hydrogens is 326 g/mol. The number of benzene rings is 1. The summed E-state index contributed by atoms with van der Waals surface area (Å²) < 4.78 is 5.93.